The lowest BCUT2D eigenvalue weighted by Crippen LogP contribution is -2.53. The highest BCUT2D eigenvalue weighted by atomic mass is 19.4. The predicted octanol–water partition coefficient (Wildman–Crippen LogP) is 9.16. The molecular weight excluding hydrogens is 476 g/mol. The van der Waals surface area contributed by atoms with E-state index in [-0.39, 0.29) is 16.8 Å². The summed E-state index contributed by atoms with van der Waals surface area (Å²) >= 11 is 0. The smallest absolute Gasteiger partial charge is 0.310 e. The van der Waals surface area contributed by atoms with E-state index in [2.05, 4.69) is 0 Å². The lowest BCUT2D eigenvalue weighted by Gasteiger charge is -2.36. The van der Waals surface area contributed by atoms with Gasteiger partial charge < -0.3 is 4.90 Å². The maximum atomic E-state index is 14.6. The van der Waals surface area contributed by atoms with Gasteiger partial charge in [0.25, 0.3) is 0 Å². The van der Waals surface area contributed by atoms with Crippen LogP contribution in [0.3, 0.4) is 0 Å². The fourth-order valence-corrected chi connectivity index (χ4v) is 5.01. The maximum absolute atomic E-state index is 14.6. The van der Waals surface area contributed by atoms with E-state index in [0.29, 0.717) is 11.4 Å². The van der Waals surface area contributed by atoms with Crippen LogP contribution >= 0.6 is 0 Å². The van der Waals surface area contributed by atoms with Crippen LogP contribution in [0.25, 0.3) is 11.1 Å². The molecule has 1 nitrogen and oxygen atoms in total. The molecule has 184 valence electrons. The number of halogens is 6. The Morgan fingerprint density at radius 3 is 1.47 bits per heavy atom. The van der Waals surface area contributed by atoms with Gasteiger partial charge in [-0.25, -0.2) is 0 Å². The first kappa shape index (κ1) is 24.0. The first-order valence-electron chi connectivity index (χ1n) is 11.3. The number of alkyl halides is 6. The van der Waals surface area contributed by atoms with Crippen molar-refractivity contribution in [3.63, 3.8) is 0 Å². The summed E-state index contributed by atoms with van der Waals surface area (Å²) in [4.78, 5) is 1.67. The van der Waals surface area contributed by atoms with Crippen molar-refractivity contribution in [1.29, 1.82) is 0 Å². The summed E-state index contributed by atoms with van der Waals surface area (Å²) in [6, 6.07) is 23.4. The zero-order valence-electron chi connectivity index (χ0n) is 19.4. The molecule has 0 spiro atoms. The van der Waals surface area contributed by atoms with Crippen molar-refractivity contribution in [3.8, 4) is 11.1 Å². The largest absolute Gasteiger partial charge is 0.411 e. The molecule has 0 saturated carbocycles. The molecule has 0 N–H and O–H groups in total. The van der Waals surface area contributed by atoms with Crippen molar-refractivity contribution >= 4 is 17.1 Å². The third-order valence-corrected chi connectivity index (χ3v) is 6.72. The zero-order valence-corrected chi connectivity index (χ0v) is 19.4. The van der Waals surface area contributed by atoms with Crippen molar-refractivity contribution in [2.45, 2.75) is 31.6 Å². The van der Waals surface area contributed by atoms with E-state index in [9.17, 15) is 26.3 Å². The van der Waals surface area contributed by atoms with Crippen molar-refractivity contribution in [2.24, 2.45) is 0 Å². The quantitative estimate of drug-likeness (QED) is 0.255. The van der Waals surface area contributed by atoms with Crippen molar-refractivity contribution in [3.05, 3.63) is 113 Å². The number of rotatable bonds is 3. The molecule has 1 aliphatic rings. The van der Waals surface area contributed by atoms with Crippen LogP contribution in [0.2, 0.25) is 0 Å². The van der Waals surface area contributed by atoms with E-state index in [1.54, 1.807) is 35.2 Å². The van der Waals surface area contributed by atoms with Crippen LogP contribution in [0, 0.1) is 13.8 Å². The van der Waals surface area contributed by atoms with Gasteiger partial charge in [0.15, 0.2) is 0 Å². The van der Waals surface area contributed by atoms with Crippen LogP contribution in [0.1, 0.15) is 22.3 Å². The normalized spacial score (nSPS) is 14.3. The minimum absolute atomic E-state index is 0.0640. The van der Waals surface area contributed by atoms with Gasteiger partial charge in [0.1, 0.15) is 0 Å². The first-order valence-corrected chi connectivity index (χ1v) is 11.3. The monoisotopic (exact) mass is 497 g/mol. The third kappa shape index (κ3) is 3.48. The summed E-state index contributed by atoms with van der Waals surface area (Å²) in [5.74, 6) is 0. The molecule has 0 aliphatic heterocycles. The summed E-state index contributed by atoms with van der Waals surface area (Å²) in [5, 5.41) is 0. The van der Waals surface area contributed by atoms with Gasteiger partial charge in [-0.15, -0.1) is 0 Å². The predicted molar refractivity (Wildman–Crippen MR) is 129 cm³/mol. The van der Waals surface area contributed by atoms with Crippen LogP contribution in [0.5, 0.6) is 0 Å². The Balaban J connectivity index is 1.81. The highest BCUT2D eigenvalue weighted by molar-refractivity contribution is 5.86. The number of hydrogen-bond acceptors (Lipinski definition) is 1. The fourth-order valence-electron chi connectivity index (χ4n) is 5.01. The number of benzene rings is 4. The van der Waals surface area contributed by atoms with Gasteiger partial charge in [-0.3, -0.25) is 0 Å². The Morgan fingerprint density at radius 1 is 0.528 bits per heavy atom. The SMILES string of the molecule is Cc1ccc(N(c2ccc(C)cc2)c2ccc3c(c2)C(C(F)(F)F)(C(F)(F)F)c2ccccc2-3)cc1. The molecule has 1 aliphatic carbocycles. The van der Waals surface area contributed by atoms with E-state index < -0.39 is 28.9 Å². The van der Waals surface area contributed by atoms with Gasteiger partial charge >= 0.3 is 12.4 Å². The summed E-state index contributed by atoms with van der Waals surface area (Å²) in [6.45, 7) is 3.79. The van der Waals surface area contributed by atoms with Crippen molar-refractivity contribution in [2.75, 3.05) is 4.90 Å². The Morgan fingerprint density at radius 2 is 0.972 bits per heavy atom. The highest BCUT2D eigenvalue weighted by Crippen LogP contribution is 2.64. The molecule has 7 heteroatoms. The number of fused-ring (bicyclic) bond motifs is 3. The minimum Gasteiger partial charge on any atom is -0.310 e. The molecule has 0 fully saturated rings. The van der Waals surface area contributed by atoms with Crippen LogP contribution in [0.15, 0.2) is 91.0 Å². The number of hydrogen-bond donors (Lipinski definition) is 0. The topological polar surface area (TPSA) is 3.24 Å². The van der Waals surface area contributed by atoms with Gasteiger partial charge in [0, 0.05) is 17.1 Å². The molecule has 5 rings (SSSR count). The fraction of sp³-hybridized carbons (Fsp3) is 0.172. The van der Waals surface area contributed by atoms with Gasteiger partial charge in [-0.1, -0.05) is 65.7 Å². The molecule has 0 unspecified atom stereocenters. The Hall–Kier alpha value is -3.74. The molecule has 0 saturated heterocycles. The van der Waals surface area contributed by atoms with Crippen molar-refractivity contribution in [1.82, 2.24) is 0 Å². The minimum atomic E-state index is -5.61. The summed E-state index contributed by atoms with van der Waals surface area (Å²) in [7, 11) is 0. The molecule has 0 amide bonds. The average Bonchev–Trinajstić information content (AvgIpc) is 3.13. The number of nitrogens with zero attached hydrogens (tertiary/aromatic N) is 1. The molecule has 4 aromatic rings. The highest BCUT2D eigenvalue weighted by Gasteiger charge is 2.75. The van der Waals surface area contributed by atoms with E-state index in [0.717, 1.165) is 23.3 Å². The van der Waals surface area contributed by atoms with Gasteiger partial charge in [-0.2, -0.15) is 26.3 Å². The lowest BCUT2D eigenvalue weighted by atomic mass is 9.76. The second kappa shape index (κ2) is 8.15. The van der Waals surface area contributed by atoms with Crippen LogP contribution in [-0.4, -0.2) is 12.4 Å². The standard InChI is InChI=1S/C29H21F6N/c1-18-7-11-20(12-8-18)36(21-13-9-19(2)10-14-21)22-15-16-24-23-5-3-4-6-25(23)27(26(24)17-22,28(30,31)32)29(33,34)35/h3-17H,1-2H3. The molecule has 0 radical (unpaired) electrons. The first-order chi connectivity index (χ1) is 16.9. The average molecular weight is 497 g/mol. The molecule has 4 aromatic carbocycles. The summed E-state index contributed by atoms with van der Waals surface area (Å²) < 4.78 is 87.6. The number of anilines is 3. The number of aryl methyl sites for hydroxylation is 2. The zero-order chi connectivity index (χ0) is 25.9. The molecule has 0 bridgehead atoms. The lowest BCUT2D eigenvalue weighted by molar-refractivity contribution is -0.287. The second-order valence-electron chi connectivity index (χ2n) is 9.03. The Kier molecular flexibility index (Phi) is 5.43. The second-order valence-corrected chi connectivity index (χ2v) is 9.03. The van der Waals surface area contributed by atoms with Crippen LogP contribution in [0.4, 0.5) is 43.4 Å². The Bertz CT molecular complexity index is 1360. The van der Waals surface area contributed by atoms with Gasteiger partial charge in [0.2, 0.25) is 5.41 Å². The van der Waals surface area contributed by atoms with Gasteiger partial charge in [0.05, 0.1) is 0 Å². The van der Waals surface area contributed by atoms with E-state index in [4.69, 9.17) is 0 Å². The molecular formula is C29H21F6N. The van der Waals surface area contributed by atoms with Crippen molar-refractivity contribution < 1.29 is 26.3 Å². The Labute approximate surface area is 204 Å². The summed E-state index contributed by atoms with van der Waals surface area (Å²) in [6.07, 6.45) is -11.2. The molecule has 0 aromatic heterocycles. The van der Waals surface area contributed by atoms with Gasteiger partial charge in [-0.05, 0) is 72.5 Å². The van der Waals surface area contributed by atoms with E-state index in [1.165, 1.54) is 24.3 Å². The molecule has 0 heterocycles. The van der Waals surface area contributed by atoms with Crippen LogP contribution in [-0.2, 0) is 5.41 Å². The van der Waals surface area contributed by atoms with Crippen LogP contribution < -0.4 is 4.90 Å². The summed E-state index contributed by atoms with van der Waals surface area (Å²) in [5.41, 5.74) is -2.50. The van der Waals surface area contributed by atoms with E-state index >= 15 is 0 Å². The third-order valence-electron chi connectivity index (χ3n) is 6.72. The maximum Gasteiger partial charge on any atom is 0.411 e. The molecule has 0 atom stereocenters. The molecule has 36 heavy (non-hydrogen) atoms. The van der Waals surface area contributed by atoms with E-state index in [1.807, 2.05) is 38.1 Å².